The van der Waals surface area contributed by atoms with Crippen molar-refractivity contribution in [2.24, 2.45) is 0 Å². The fourth-order valence-electron chi connectivity index (χ4n) is 1.81. The minimum atomic E-state index is 0.0172. The number of hydrogen-bond acceptors (Lipinski definition) is 2. The molecule has 2 nitrogen and oxygen atoms in total. The van der Waals surface area contributed by atoms with E-state index >= 15 is 0 Å². The maximum absolute atomic E-state index is 5.52. The third-order valence-corrected chi connectivity index (χ3v) is 3.33. The molecule has 0 aromatic carbocycles. The van der Waals surface area contributed by atoms with Gasteiger partial charge < -0.3 is 9.47 Å². The number of unbranched alkanes of at least 4 members (excludes halogenated alkanes) is 4. The second-order valence-electron chi connectivity index (χ2n) is 4.28. The zero-order chi connectivity index (χ0) is 13.5. The van der Waals surface area contributed by atoms with Gasteiger partial charge in [-0.05, 0) is 46.0 Å². The van der Waals surface area contributed by atoms with Crippen molar-refractivity contribution in [3.8, 4) is 0 Å². The highest BCUT2D eigenvalue weighted by atomic mass is 127. The van der Waals surface area contributed by atoms with Crippen LogP contribution in [0.3, 0.4) is 0 Å². The number of alkyl halides is 1. The van der Waals surface area contributed by atoms with Gasteiger partial charge in [0.15, 0.2) is 6.29 Å². The van der Waals surface area contributed by atoms with Crippen molar-refractivity contribution in [2.45, 2.75) is 65.1 Å². The lowest BCUT2D eigenvalue weighted by Gasteiger charge is -2.16. The SMILES string of the molecule is CCOC(CCCCCC/C=C\CCI)OCC. The van der Waals surface area contributed by atoms with Gasteiger partial charge in [-0.3, -0.25) is 0 Å². The van der Waals surface area contributed by atoms with Crippen LogP contribution in [0.5, 0.6) is 0 Å². The van der Waals surface area contributed by atoms with E-state index in [1.165, 1.54) is 43.0 Å². The van der Waals surface area contributed by atoms with Gasteiger partial charge in [0, 0.05) is 17.6 Å². The summed E-state index contributed by atoms with van der Waals surface area (Å²) >= 11 is 2.41. The fraction of sp³-hybridized carbons (Fsp3) is 0.867. The summed E-state index contributed by atoms with van der Waals surface area (Å²) in [5, 5.41) is 0. The lowest BCUT2D eigenvalue weighted by atomic mass is 10.1. The Labute approximate surface area is 127 Å². The number of allylic oxidation sites excluding steroid dienone is 2. The van der Waals surface area contributed by atoms with Gasteiger partial charge in [-0.25, -0.2) is 0 Å². The summed E-state index contributed by atoms with van der Waals surface area (Å²) in [5.41, 5.74) is 0. The van der Waals surface area contributed by atoms with E-state index in [4.69, 9.17) is 9.47 Å². The average Bonchev–Trinajstić information content (AvgIpc) is 2.37. The first-order valence-corrected chi connectivity index (χ1v) is 8.81. The van der Waals surface area contributed by atoms with Gasteiger partial charge in [-0.1, -0.05) is 47.6 Å². The van der Waals surface area contributed by atoms with Crippen molar-refractivity contribution in [3.63, 3.8) is 0 Å². The zero-order valence-corrected chi connectivity index (χ0v) is 14.2. The normalized spacial score (nSPS) is 11.8. The second kappa shape index (κ2) is 15.4. The van der Waals surface area contributed by atoms with Crippen molar-refractivity contribution in [1.82, 2.24) is 0 Å². The van der Waals surface area contributed by atoms with Crippen LogP contribution >= 0.6 is 22.6 Å². The minimum Gasteiger partial charge on any atom is -0.353 e. The van der Waals surface area contributed by atoms with Crippen LogP contribution in [0.1, 0.15) is 58.8 Å². The van der Waals surface area contributed by atoms with Crippen LogP contribution in [0.15, 0.2) is 12.2 Å². The molecule has 18 heavy (non-hydrogen) atoms. The van der Waals surface area contributed by atoms with Crippen LogP contribution in [-0.4, -0.2) is 23.9 Å². The Hall–Kier alpha value is 0.390. The number of ether oxygens (including phenoxy) is 2. The maximum atomic E-state index is 5.52. The first kappa shape index (κ1) is 18.4. The van der Waals surface area contributed by atoms with Gasteiger partial charge in [0.2, 0.25) is 0 Å². The molecule has 0 bridgehead atoms. The summed E-state index contributed by atoms with van der Waals surface area (Å²) in [6.45, 7) is 5.53. The van der Waals surface area contributed by atoms with E-state index < -0.39 is 0 Å². The third kappa shape index (κ3) is 12.8. The van der Waals surface area contributed by atoms with Crippen LogP contribution < -0.4 is 0 Å². The Morgan fingerprint density at radius 1 is 0.889 bits per heavy atom. The van der Waals surface area contributed by atoms with Crippen LogP contribution in [0, 0.1) is 0 Å². The van der Waals surface area contributed by atoms with Gasteiger partial charge in [0.1, 0.15) is 0 Å². The Morgan fingerprint density at radius 2 is 1.50 bits per heavy atom. The first-order valence-electron chi connectivity index (χ1n) is 7.29. The van der Waals surface area contributed by atoms with Gasteiger partial charge in [-0.2, -0.15) is 0 Å². The summed E-state index contributed by atoms with van der Waals surface area (Å²) in [6, 6.07) is 0. The Bertz CT molecular complexity index is 177. The Morgan fingerprint density at radius 3 is 2.11 bits per heavy atom. The number of rotatable bonds is 13. The monoisotopic (exact) mass is 368 g/mol. The fourth-order valence-corrected chi connectivity index (χ4v) is 2.17. The molecule has 0 amide bonds. The van der Waals surface area contributed by atoms with Crippen LogP contribution in [0.4, 0.5) is 0 Å². The van der Waals surface area contributed by atoms with E-state index in [2.05, 4.69) is 34.7 Å². The molecule has 0 aliphatic rings. The number of hydrogen-bond donors (Lipinski definition) is 0. The molecular weight excluding hydrogens is 339 g/mol. The summed E-state index contributed by atoms with van der Waals surface area (Å²) in [6.07, 6.45) is 13.2. The minimum absolute atomic E-state index is 0.0172. The van der Waals surface area contributed by atoms with E-state index in [0.717, 1.165) is 19.6 Å². The highest BCUT2D eigenvalue weighted by molar-refractivity contribution is 14.1. The van der Waals surface area contributed by atoms with E-state index in [0.29, 0.717) is 0 Å². The highest BCUT2D eigenvalue weighted by Crippen LogP contribution is 2.11. The molecule has 0 atom stereocenters. The number of halogens is 1. The third-order valence-electron chi connectivity index (χ3n) is 2.71. The predicted molar refractivity (Wildman–Crippen MR) is 87.4 cm³/mol. The van der Waals surface area contributed by atoms with Crippen molar-refractivity contribution in [1.29, 1.82) is 0 Å². The van der Waals surface area contributed by atoms with Gasteiger partial charge in [-0.15, -0.1) is 0 Å². The molecule has 0 aliphatic carbocycles. The topological polar surface area (TPSA) is 18.5 Å². The maximum Gasteiger partial charge on any atom is 0.157 e. The zero-order valence-electron chi connectivity index (χ0n) is 12.0. The molecule has 108 valence electrons. The lowest BCUT2D eigenvalue weighted by molar-refractivity contribution is -0.140. The molecule has 0 spiro atoms. The molecule has 0 aromatic rings. The van der Waals surface area contributed by atoms with Crippen molar-refractivity contribution >= 4 is 22.6 Å². The van der Waals surface area contributed by atoms with Gasteiger partial charge in [0.05, 0.1) is 0 Å². The first-order chi connectivity index (χ1) is 8.85. The van der Waals surface area contributed by atoms with Gasteiger partial charge >= 0.3 is 0 Å². The summed E-state index contributed by atoms with van der Waals surface area (Å²) in [4.78, 5) is 0. The van der Waals surface area contributed by atoms with Crippen LogP contribution in [0.2, 0.25) is 0 Å². The highest BCUT2D eigenvalue weighted by Gasteiger charge is 2.06. The molecule has 0 fully saturated rings. The van der Waals surface area contributed by atoms with Gasteiger partial charge in [0.25, 0.3) is 0 Å². The molecule has 0 unspecified atom stereocenters. The van der Waals surface area contributed by atoms with Crippen molar-refractivity contribution in [2.75, 3.05) is 17.6 Å². The molecule has 0 heterocycles. The molecule has 3 heteroatoms. The quantitative estimate of drug-likeness (QED) is 0.148. The molecular formula is C15H29IO2. The van der Waals surface area contributed by atoms with Crippen LogP contribution in [-0.2, 0) is 9.47 Å². The van der Waals surface area contributed by atoms with Crippen LogP contribution in [0.25, 0.3) is 0 Å². The molecule has 0 aliphatic heterocycles. The smallest absolute Gasteiger partial charge is 0.157 e. The molecule has 0 N–H and O–H groups in total. The Balaban J connectivity index is 3.31. The average molecular weight is 368 g/mol. The standard InChI is InChI=1S/C15H29IO2/c1-3-17-15(18-4-2)13-11-9-7-5-6-8-10-12-14-16/h8,10,15H,3-7,9,11-14H2,1-2H3/b10-8-. The molecule has 0 aromatic heterocycles. The summed E-state index contributed by atoms with van der Waals surface area (Å²) in [7, 11) is 0. The van der Waals surface area contributed by atoms with E-state index in [9.17, 15) is 0 Å². The van der Waals surface area contributed by atoms with E-state index in [1.54, 1.807) is 0 Å². The largest absolute Gasteiger partial charge is 0.353 e. The molecule has 0 radical (unpaired) electrons. The predicted octanol–water partition coefficient (Wildman–Crippen LogP) is 5.11. The molecule has 0 rings (SSSR count). The van der Waals surface area contributed by atoms with E-state index in [1.807, 2.05) is 13.8 Å². The van der Waals surface area contributed by atoms with E-state index in [-0.39, 0.29) is 6.29 Å². The Kier molecular flexibility index (Phi) is 15.8. The van der Waals surface area contributed by atoms with Crippen molar-refractivity contribution in [3.05, 3.63) is 12.2 Å². The summed E-state index contributed by atoms with van der Waals surface area (Å²) in [5.74, 6) is 0. The van der Waals surface area contributed by atoms with Crippen molar-refractivity contribution < 1.29 is 9.47 Å². The lowest BCUT2D eigenvalue weighted by Crippen LogP contribution is -2.17. The summed E-state index contributed by atoms with van der Waals surface area (Å²) < 4.78 is 12.3. The second-order valence-corrected chi connectivity index (χ2v) is 5.36. The molecule has 0 saturated heterocycles. The molecule has 0 saturated carbocycles.